The molecule has 0 aliphatic carbocycles. The van der Waals surface area contributed by atoms with Crippen molar-refractivity contribution in [1.29, 1.82) is 0 Å². The standard InChI is InChI=1S/C23H22N2O3S/c26-23(19-10-5-2-6-11-19)25-15-7-12-20-16-21(13-14-22(20)25)29(27,28)24-17-18-8-3-1-4-9-18/h1-6,8-11,13-14,16,24H,7,12,15,17H2. The maximum Gasteiger partial charge on any atom is 0.258 e. The average molecular weight is 407 g/mol. The minimum atomic E-state index is -3.64. The fourth-order valence-corrected chi connectivity index (χ4v) is 4.61. The number of fused-ring (bicyclic) bond motifs is 1. The maximum atomic E-state index is 12.9. The van der Waals surface area contributed by atoms with E-state index in [9.17, 15) is 13.2 Å². The van der Waals surface area contributed by atoms with Crippen molar-refractivity contribution < 1.29 is 13.2 Å². The van der Waals surface area contributed by atoms with Gasteiger partial charge in [-0.05, 0) is 54.3 Å². The van der Waals surface area contributed by atoms with Crippen LogP contribution in [0.4, 0.5) is 5.69 Å². The van der Waals surface area contributed by atoms with Gasteiger partial charge in [-0.3, -0.25) is 4.79 Å². The number of hydrogen-bond donors (Lipinski definition) is 1. The van der Waals surface area contributed by atoms with Crippen molar-refractivity contribution in [2.75, 3.05) is 11.4 Å². The highest BCUT2D eigenvalue weighted by atomic mass is 32.2. The van der Waals surface area contributed by atoms with Gasteiger partial charge in [-0.1, -0.05) is 48.5 Å². The van der Waals surface area contributed by atoms with E-state index in [1.165, 1.54) is 0 Å². The van der Waals surface area contributed by atoms with E-state index in [4.69, 9.17) is 0 Å². The summed E-state index contributed by atoms with van der Waals surface area (Å²) in [5.74, 6) is -0.0654. The summed E-state index contributed by atoms with van der Waals surface area (Å²) in [5.41, 5.74) is 3.19. The summed E-state index contributed by atoms with van der Waals surface area (Å²) in [7, 11) is -3.64. The molecule has 1 aliphatic heterocycles. The number of carbonyl (C=O) groups is 1. The van der Waals surface area contributed by atoms with E-state index in [0.717, 1.165) is 29.7 Å². The molecule has 0 bridgehead atoms. The van der Waals surface area contributed by atoms with E-state index in [1.54, 1.807) is 35.2 Å². The molecule has 0 radical (unpaired) electrons. The van der Waals surface area contributed by atoms with Crippen LogP contribution in [0.3, 0.4) is 0 Å². The molecule has 0 fully saturated rings. The van der Waals surface area contributed by atoms with Gasteiger partial charge in [0.05, 0.1) is 4.90 Å². The molecule has 0 saturated carbocycles. The van der Waals surface area contributed by atoms with E-state index < -0.39 is 10.0 Å². The molecule has 1 N–H and O–H groups in total. The third-order valence-electron chi connectivity index (χ3n) is 5.05. The molecule has 6 heteroatoms. The summed E-state index contributed by atoms with van der Waals surface area (Å²) in [4.78, 5) is 14.9. The second kappa shape index (κ2) is 8.19. The Balaban J connectivity index is 1.57. The molecule has 0 unspecified atom stereocenters. The van der Waals surface area contributed by atoms with Crippen molar-refractivity contribution in [1.82, 2.24) is 4.72 Å². The number of anilines is 1. The molecule has 1 heterocycles. The number of nitrogens with zero attached hydrogens (tertiary/aromatic N) is 1. The summed E-state index contributed by atoms with van der Waals surface area (Å²) in [6.45, 7) is 0.859. The smallest absolute Gasteiger partial charge is 0.258 e. The van der Waals surface area contributed by atoms with Crippen LogP contribution in [0.2, 0.25) is 0 Å². The zero-order chi connectivity index (χ0) is 20.3. The fourth-order valence-electron chi connectivity index (χ4n) is 3.55. The minimum absolute atomic E-state index is 0.0654. The van der Waals surface area contributed by atoms with Crippen LogP contribution in [0.1, 0.15) is 27.9 Å². The number of benzene rings is 3. The van der Waals surface area contributed by atoms with E-state index in [2.05, 4.69) is 4.72 Å². The van der Waals surface area contributed by atoms with Gasteiger partial charge in [-0.15, -0.1) is 0 Å². The Morgan fingerprint density at radius 2 is 1.62 bits per heavy atom. The van der Waals surface area contributed by atoms with Crippen molar-refractivity contribution in [3.05, 3.63) is 95.6 Å². The van der Waals surface area contributed by atoms with Crippen LogP contribution < -0.4 is 9.62 Å². The van der Waals surface area contributed by atoms with Crippen molar-refractivity contribution in [2.24, 2.45) is 0 Å². The van der Waals surface area contributed by atoms with Gasteiger partial charge in [-0.2, -0.15) is 0 Å². The monoisotopic (exact) mass is 406 g/mol. The van der Waals surface area contributed by atoms with Crippen LogP contribution in [0.15, 0.2) is 83.8 Å². The summed E-state index contributed by atoms with van der Waals surface area (Å²) >= 11 is 0. The van der Waals surface area contributed by atoms with Gasteiger partial charge in [0.2, 0.25) is 10.0 Å². The van der Waals surface area contributed by atoms with Gasteiger partial charge in [0.15, 0.2) is 0 Å². The molecule has 0 spiro atoms. The highest BCUT2D eigenvalue weighted by Crippen LogP contribution is 2.30. The fraction of sp³-hybridized carbons (Fsp3) is 0.174. The van der Waals surface area contributed by atoms with Gasteiger partial charge in [0.1, 0.15) is 0 Å². The lowest BCUT2D eigenvalue weighted by Gasteiger charge is -2.30. The first-order valence-electron chi connectivity index (χ1n) is 9.58. The molecular formula is C23H22N2O3S. The molecule has 5 nitrogen and oxygen atoms in total. The lowest BCUT2D eigenvalue weighted by Crippen LogP contribution is -2.35. The quantitative estimate of drug-likeness (QED) is 0.702. The van der Waals surface area contributed by atoms with Crippen LogP contribution in [-0.4, -0.2) is 20.9 Å². The highest BCUT2D eigenvalue weighted by molar-refractivity contribution is 7.89. The Bertz CT molecular complexity index is 1110. The molecule has 0 aromatic heterocycles. The molecule has 4 rings (SSSR count). The first-order valence-corrected chi connectivity index (χ1v) is 11.1. The van der Waals surface area contributed by atoms with E-state index in [0.29, 0.717) is 12.1 Å². The van der Waals surface area contributed by atoms with Crippen LogP contribution in [0.25, 0.3) is 0 Å². The second-order valence-electron chi connectivity index (χ2n) is 7.03. The molecule has 29 heavy (non-hydrogen) atoms. The number of rotatable bonds is 5. The van der Waals surface area contributed by atoms with Gasteiger partial charge in [-0.25, -0.2) is 13.1 Å². The number of aryl methyl sites for hydroxylation is 1. The van der Waals surface area contributed by atoms with E-state index >= 15 is 0 Å². The normalized spacial score (nSPS) is 13.7. The number of hydrogen-bond acceptors (Lipinski definition) is 3. The largest absolute Gasteiger partial charge is 0.308 e. The predicted octanol–water partition coefficient (Wildman–Crippen LogP) is 3.76. The van der Waals surface area contributed by atoms with Crippen molar-refractivity contribution in [3.63, 3.8) is 0 Å². The van der Waals surface area contributed by atoms with E-state index in [-0.39, 0.29) is 17.3 Å². The topological polar surface area (TPSA) is 66.5 Å². The van der Waals surface area contributed by atoms with Crippen molar-refractivity contribution in [3.8, 4) is 0 Å². The van der Waals surface area contributed by atoms with Crippen LogP contribution >= 0.6 is 0 Å². The van der Waals surface area contributed by atoms with Crippen LogP contribution in [0, 0.1) is 0 Å². The molecule has 148 valence electrons. The van der Waals surface area contributed by atoms with Gasteiger partial charge < -0.3 is 4.90 Å². The van der Waals surface area contributed by atoms with Gasteiger partial charge in [0, 0.05) is 24.3 Å². The first kappa shape index (κ1) is 19.4. The minimum Gasteiger partial charge on any atom is -0.308 e. The lowest BCUT2D eigenvalue weighted by atomic mass is 10.0. The molecule has 0 saturated heterocycles. The Labute approximate surface area is 171 Å². The third kappa shape index (κ3) is 4.23. The third-order valence-corrected chi connectivity index (χ3v) is 6.45. The van der Waals surface area contributed by atoms with E-state index in [1.807, 2.05) is 48.5 Å². The molecule has 1 amide bonds. The zero-order valence-electron chi connectivity index (χ0n) is 15.9. The molecule has 0 atom stereocenters. The Morgan fingerprint density at radius 3 is 2.34 bits per heavy atom. The highest BCUT2D eigenvalue weighted by Gasteiger charge is 2.25. The van der Waals surface area contributed by atoms with Crippen LogP contribution in [-0.2, 0) is 23.0 Å². The Kier molecular flexibility index (Phi) is 5.47. The summed E-state index contributed by atoms with van der Waals surface area (Å²) in [6, 6.07) is 23.5. The molecule has 1 aliphatic rings. The number of sulfonamides is 1. The van der Waals surface area contributed by atoms with Gasteiger partial charge in [0.25, 0.3) is 5.91 Å². The van der Waals surface area contributed by atoms with Gasteiger partial charge >= 0.3 is 0 Å². The predicted molar refractivity (Wildman–Crippen MR) is 113 cm³/mol. The average Bonchev–Trinajstić information content (AvgIpc) is 2.78. The summed E-state index contributed by atoms with van der Waals surface area (Å²) in [6.07, 6.45) is 1.54. The van der Waals surface area contributed by atoms with Crippen molar-refractivity contribution in [2.45, 2.75) is 24.3 Å². The molecule has 3 aromatic rings. The number of amides is 1. The number of nitrogens with one attached hydrogen (secondary N) is 1. The first-order chi connectivity index (χ1) is 14.0. The lowest BCUT2D eigenvalue weighted by molar-refractivity contribution is 0.0985. The maximum absolute atomic E-state index is 12.9. The Morgan fingerprint density at radius 1 is 0.931 bits per heavy atom. The number of carbonyl (C=O) groups excluding carboxylic acids is 1. The summed E-state index contributed by atoms with van der Waals surface area (Å²) in [5, 5.41) is 0. The van der Waals surface area contributed by atoms with Crippen molar-refractivity contribution >= 4 is 21.6 Å². The van der Waals surface area contributed by atoms with Crippen LogP contribution in [0.5, 0.6) is 0 Å². The molecular weight excluding hydrogens is 384 g/mol. The summed E-state index contributed by atoms with van der Waals surface area (Å²) < 4.78 is 28.1. The Hall–Kier alpha value is -2.96. The molecule has 3 aromatic carbocycles. The zero-order valence-corrected chi connectivity index (χ0v) is 16.7. The SMILES string of the molecule is O=C(c1ccccc1)N1CCCc2cc(S(=O)(=O)NCc3ccccc3)ccc21. The second-order valence-corrected chi connectivity index (χ2v) is 8.79.